The SMILES string of the molecule is Cc1ccc(C=C(O)[C@@H](O)C(O)[C@@H](O)C(O)=Cc2ccc(C)cc2)cc1. The molecule has 0 aliphatic carbocycles. The van der Waals surface area contributed by atoms with Crippen molar-refractivity contribution in [3.05, 3.63) is 82.3 Å². The fourth-order valence-corrected chi connectivity index (χ4v) is 2.36. The van der Waals surface area contributed by atoms with E-state index in [-0.39, 0.29) is 0 Å². The van der Waals surface area contributed by atoms with Gasteiger partial charge in [0.2, 0.25) is 0 Å². The number of aliphatic hydroxyl groups is 5. The number of hydrogen-bond acceptors (Lipinski definition) is 5. The molecule has 0 amide bonds. The fourth-order valence-electron chi connectivity index (χ4n) is 2.36. The second-order valence-corrected chi connectivity index (χ2v) is 6.34. The Morgan fingerprint density at radius 1 is 0.654 bits per heavy atom. The Hall–Kier alpha value is -2.60. The van der Waals surface area contributed by atoms with E-state index in [1.54, 1.807) is 24.3 Å². The first kappa shape index (κ1) is 19.7. The highest BCUT2D eigenvalue weighted by molar-refractivity contribution is 5.54. The lowest BCUT2D eigenvalue weighted by Gasteiger charge is -2.22. The summed E-state index contributed by atoms with van der Waals surface area (Å²) in [7, 11) is 0. The third kappa shape index (κ3) is 5.20. The summed E-state index contributed by atoms with van der Waals surface area (Å²) >= 11 is 0. The van der Waals surface area contributed by atoms with Crippen LogP contribution in [0.1, 0.15) is 22.3 Å². The molecule has 0 saturated heterocycles. The Labute approximate surface area is 152 Å². The Bertz CT molecular complexity index is 708. The molecule has 2 rings (SSSR count). The Balaban J connectivity index is 2.11. The summed E-state index contributed by atoms with van der Waals surface area (Å²) < 4.78 is 0. The normalized spacial score (nSPS) is 16.2. The fraction of sp³-hybridized carbons (Fsp3) is 0.238. The van der Waals surface area contributed by atoms with Gasteiger partial charge in [0.05, 0.1) is 0 Å². The third-order valence-corrected chi connectivity index (χ3v) is 4.04. The number of aryl methyl sites for hydroxylation is 2. The lowest BCUT2D eigenvalue weighted by atomic mass is 10.0. The molecule has 2 aromatic carbocycles. The van der Waals surface area contributed by atoms with Crippen molar-refractivity contribution in [2.24, 2.45) is 0 Å². The van der Waals surface area contributed by atoms with Crippen LogP contribution in [0, 0.1) is 13.8 Å². The molecule has 5 N–H and O–H groups in total. The number of hydrogen-bond donors (Lipinski definition) is 5. The van der Waals surface area contributed by atoms with Crippen molar-refractivity contribution in [1.29, 1.82) is 0 Å². The average Bonchev–Trinajstić information content (AvgIpc) is 2.63. The van der Waals surface area contributed by atoms with Crippen molar-refractivity contribution in [2.45, 2.75) is 32.2 Å². The summed E-state index contributed by atoms with van der Waals surface area (Å²) in [6, 6.07) is 14.3. The van der Waals surface area contributed by atoms with Crippen molar-refractivity contribution in [3.63, 3.8) is 0 Å². The molecular weight excluding hydrogens is 332 g/mol. The Morgan fingerprint density at radius 2 is 0.962 bits per heavy atom. The summed E-state index contributed by atoms with van der Waals surface area (Å²) in [5.74, 6) is -1.02. The van der Waals surface area contributed by atoms with Crippen molar-refractivity contribution in [3.8, 4) is 0 Å². The molecule has 0 aliphatic rings. The second kappa shape index (κ2) is 8.67. The molecule has 2 aromatic rings. The van der Waals surface area contributed by atoms with E-state index in [1.807, 2.05) is 38.1 Å². The maximum absolute atomic E-state index is 10.1. The van der Waals surface area contributed by atoms with Gasteiger partial charge in [-0.1, -0.05) is 59.7 Å². The summed E-state index contributed by atoms with van der Waals surface area (Å²) in [5, 5.41) is 50.2. The van der Waals surface area contributed by atoms with E-state index in [1.165, 1.54) is 12.2 Å². The zero-order valence-electron chi connectivity index (χ0n) is 14.7. The van der Waals surface area contributed by atoms with Crippen LogP contribution >= 0.6 is 0 Å². The summed E-state index contributed by atoms with van der Waals surface area (Å²) in [4.78, 5) is 0. The average molecular weight is 356 g/mol. The van der Waals surface area contributed by atoms with Gasteiger partial charge < -0.3 is 25.5 Å². The van der Waals surface area contributed by atoms with Crippen LogP contribution in [0.5, 0.6) is 0 Å². The van der Waals surface area contributed by atoms with Crippen LogP contribution in [0.3, 0.4) is 0 Å². The molecule has 0 saturated carbocycles. The quantitative estimate of drug-likeness (QED) is 0.512. The van der Waals surface area contributed by atoms with Crippen LogP contribution < -0.4 is 0 Å². The first-order valence-corrected chi connectivity index (χ1v) is 8.26. The van der Waals surface area contributed by atoms with E-state index in [9.17, 15) is 25.5 Å². The zero-order valence-corrected chi connectivity index (χ0v) is 14.7. The van der Waals surface area contributed by atoms with Crippen LogP contribution in [0.15, 0.2) is 60.0 Å². The van der Waals surface area contributed by atoms with Crippen LogP contribution in [0.2, 0.25) is 0 Å². The van der Waals surface area contributed by atoms with Gasteiger partial charge in [0.15, 0.2) is 0 Å². The molecule has 3 atom stereocenters. The van der Waals surface area contributed by atoms with Gasteiger partial charge in [0, 0.05) is 0 Å². The van der Waals surface area contributed by atoms with Gasteiger partial charge in [-0.25, -0.2) is 0 Å². The molecule has 1 unspecified atom stereocenters. The largest absolute Gasteiger partial charge is 0.509 e. The van der Waals surface area contributed by atoms with E-state index in [0.717, 1.165) is 11.1 Å². The summed E-state index contributed by atoms with van der Waals surface area (Å²) in [5.41, 5.74) is 3.36. The maximum atomic E-state index is 10.1. The molecule has 0 fully saturated rings. The number of benzene rings is 2. The van der Waals surface area contributed by atoms with Gasteiger partial charge in [0.25, 0.3) is 0 Å². The van der Waals surface area contributed by atoms with Gasteiger partial charge >= 0.3 is 0 Å². The van der Waals surface area contributed by atoms with Crippen molar-refractivity contribution in [1.82, 2.24) is 0 Å². The standard InChI is InChI=1S/C21H24O5/c1-13-3-7-15(8-4-13)11-17(22)19(24)21(26)20(25)18(23)12-16-9-5-14(2)6-10-16/h3-12,19-26H,1-2H3/t19-,20+,21?. The van der Waals surface area contributed by atoms with Crippen LogP contribution in [0.4, 0.5) is 0 Å². The third-order valence-electron chi connectivity index (χ3n) is 4.04. The van der Waals surface area contributed by atoms with E-state index in [2.05, 4.69) is 0 Å². The van der Waals surface area contributed by atoms with Gasteiger partial charge in [-0.3, -0.25) is 0 Å². The number of aliphatic hydroxyl groups excluding tert-OH is 5. The monoisotopic (exact) mass is 356 g/mol. The van der Waals surface area contributed by atoms with E-state index in [0.29, 0.717) is 11.1 Å². The zero-order chi connectivity index (χ0) is 19.3. The number of rotatable bonds is 6. The van der Waals surface area contributed by atoms with Crippen LogP contribution in [0.25, 0.3) is 12.2 Å². The molecule has 0 heterocycles. The molecule has 0 bridgehead atoms. The highest BCUT2D eigenvalue weighted by Gasteiger charge is 2.30. The highest BCUT2D eigenvalue weighted by atomic mass is 16.4. The molecule has 0 aromatic heterocycles. The second-order valence-electron chi connectivity index (χ2n) is 6.34. The molecule has 26 heavy (non-hydrogen) atoms. The topological polar surface area (TPSA) is 101 Å². The van der Waals surface area contributed by atoms with E-state index in [4.69, 9.17) is 0 Å². The minimum Gasteiger partial charge on any atom is -0.509 e. The summed E-state index contributed by atoms with van der Waals surface area (Å²) in [6.07, 6.45) is -2.71. The molecule has 0 radical (unpaired) electrons. The maximum Gasteiger partial charge on any atom is 0.140 e. The van der Waals surface area contributed by atoms with Crippen molar-refractivity contribution >= 4 is 12.2 Å². The van der Waals surface area contributed by atoms with Gasteiger partial charge in [0.1, 0.15) is 29.8 Å². The first-order valence-electron chi connectivity index (χ1n) is 8.26. The highest BCUT2D eigenvalue weighted by Crippen LogP contribution is 2.17. The Morgan fingerprint density at radius 3 is 1.27 bits per heavy atom. The molecule has 138 valence electrons. The first-order chi connectivity index (χ1) is 12.3. The predicted octanol–water partition coefficient (Wildman–Crippen LogP) is 2.88. The minimum absolute atomic E-state index is 0.511. The van der Waals surface area contributed by atoms with Crippen molar-refractivity contribution in [2.75, 3.05) is 0 Å². The van der Waals surface area contributed by atoms with Crippen LogP contribution in [-0.2, 0) is 0 Å². The summed E-state index contributed by atoms with van der Waals surface area (Å²) in [6.45, 7) is 3.84. The minimum atomic E-state index is -1.79. The van der Waals surface area contributed by atoms with Crippen LogP contribution in [-0.4, -0.2) is 43.8 Å². The van der Waals surface area contributed by atoms with Gasteiger partial charge in [-0.05, 0) is 37.1 Å². The smallest absolute Gasteiger partial charge is 0.140 e. The molecule has 5 heteroatoms. The lowest BCUT2D eigenvalue weighted by Crippen LogP contribution is -2.39. The Kier molecular flexibility index (Phi) is 6.58. The van der Waals surface area contributed by atoms with E-state index >= 15 is 0 Å². The molecule has 0 spiro atoms. The predicted molar refractivity (Wildman–Crippen MR) is 102 cm³/mol. The van der Waals surface area contributed by atoms with E-state index < -0.39 is 29.8 Å². The molecular formula is C21H24O5. The van der Waals surface area contributed by atoms with Crippen molar-refractivity contribution < 1.29 is 25.5 Å². The van der Waals surface area contributed by atoms with Gasteiger partial charge in [-0.15, -0.1) is 0 Å². The molecule has 5 nitrogen and oxygen atoms in total. The van der Waals surface area contributed by atoms with Gasteiger partial charge in [-0.2, -0.15) is 0 Å². The lowest BCUT2D eigenvalue weighted by molar-refractivity contribution is -0.0540. The molecule has 0 aliphatic heterocycles.